The molecule has 3 rings (SSSR count). The van der Waals surface area contributed by atoms with Gasteiger partial charge in [-0.25, -0.2) is 9.97 Å². The molecule has 2 aromatic rings. The molecule has 25 heavy (non-hydrogen) atoms. The first-order chi connectivity index (χ1) is 12.1. The van der Waals surface area contributed by atoms with Crippen LogP contribution in [0.5, 0.6) is 0 Å². The minimum atomic E-state index is -0.0258. The highest BCUT2D eigenvalue weighted by Crippen LogP contribution is 2.21. The van der Waals surface area contributed by atoms with E-state index in [0.29, 0.717) is 11.6 Å². The highest BCUT2D eigenvalue weighted by atomic mass is 16.2. The summed E-state index contributed by atoms with van der Waals surface area (Å²) >= 11 is 0. The number of amides is 1. The maximum absolute atomic E-state index is 12.7. The van der Waals surface area contributed by atoms with Crippen LogP contribution in [0.4, 0.5) is 11.6 Å². The van der Waals surface area contributed by atoms with E-state index in [9.17, 15) is 4.79 Å². The standard InChI is InChI=1S/C19H25N5O/c1-4-23-10-12-24(13-11-23)18(25)17-8-9-20-19(22-17)21-16-7-5-6-14(2)15(16)3/h5-9H,4,10-13H2,1-3H3,(H,20,21,22). The summed E-state index contributed by atoms with van der Waals surface area (Å²) in [6.07, 6.45) is 1.63. The highest BCUT2D eigenvalue weighted by Gasteiger charge is 2.22. The average Bonchev–Trinajstić information content (AvgIpc) is 2.65. The summed E-state index contributed by atoms with van der Waals surface area (Å²) in [6, 6.07) is 7.73. The maximum Gasteiger partial charge on any atom is 0.272 e. The largest absolute Gasteiger partial charge is 0.335 e. The topological polar surface area (TPSA) is 61.4 Å². The number of carbonyl (C=O) groups is 1. The number of benzene rings is 1. The van der Waals surface area contributed by atoms with Crippen molar-refractivity contribution in [2.24, 2.45) is 0 Å². The molecule has 1 amide bonds. The first-order valence-electron chi connectivity index (χ1n) is 8.76. The van der Waals surface area contributed by atoms with E-state index < -0.39 is 0 Å². The minimum absolute atomic E-state index is 0.0258. The molecule has 0 bridgehead atoms. The number of hydrogen-bond acceptors (Lipinski definition) is 5. The van der Waals surface area contributed by atoms with Crippen LogP contribution in [0.3, 0.4) is 0 Å². The molecule has 0 saturated carbocycles. The molecular weight excluding hydrogens is 314 g/mol. The zero-order valence-corrected chi connectivity index (χ0v) is 15.1. The van der Waals surface area contributed by atoms with E-state index in [1.165, 1.54) is 5.56 Å². The average molecular weight is 339 g/mol. The van der Waals surface area contributed by atoms with E-state index in [0.717, 1.165) is 44.0 Å². The molecule has 0 radical (unpaired) electrons. The molecule has 132 valence electrons. The number of likely N-dealkylation sites (N-methyl/N-ethyl adjacent to an activating group) is 1. The lowest BCUT2D eigenvalue weighted by Crippen LogP contribution is -2.48. The normalized spacial score (nSPS) is 15.2. The highest BCUT2D eigenvalue weighted by molar-refractivity contribution is 5.92. The number of aromatic nitrogens is 2. The van der Waals surface area contributed by atoms with Crippen LogP contribution < -0.4 is 5.32 Å². The van der Waals surface area contributed by atoms with Gasteiger partial charge in [0.05, 0.1) is 0 Å². The van der Waals surface area contributed by atoms with Crippen molar-refractivity contribution in [1.29, 1.82) is 0 Å². The predicted molar refractivity (Wildman–Crippen MR) is 99.2 cm³/mol. The van der Waals surface area contributed by atoms with Crippen molar-refractivity contribution < 1.29 is 4.79 Å². The van der Waals surface area contributed by atoms with Gasteiger partial charge in [-0.2, -0.15) is 0 Å². The minimum Gasteiger partial charge on any atom is -0.335 e. The second-order valence-corrected chi connectivity index (χ2v) is 6.36. The molecular formula is C19H25N5O. The van der Waals surface area contributed by atoms with Gasteiger partial charge in [0.2, 0.25) is 5.95 Å². The van der Waals surface area contributed by atoms with Crippen molar-refractivity contribution in [3.63, 3.8) is 0 Å². The number of piperazine rings is 1. The molecule has 1 aromatic carbocycles. The van der Waals surface area contributed by atoms with Crippen LogP contribution in [0.25, 0.3) is 0 Å². The Balaban J connectivity index is 1.73. The first-order valence-corrected chi connectivity index (χ1v) is 8.76. The number of aryl methyl sites for hydroxylation is 1. The van der Waals surface area contributed by atoms with Crippen molar-refractivity contribution >= 4 is 17.5 Å². The van der Waals surface area contributed by atoms with Crippen molar-refractivity contribution in [3.8, 4) is 0 Å². The summed E-state index contributed by atoms with van der Waals surface area (Å²) < 4.78 is 0. The van der Waals surface area contributed by atoms with Crippen molar-refractivity contribution in [2.45, 2.75) is 20.8 Å². The third-order valence-electron chi connectivity index (χ3n) is 4.83. The van der Waals surface area contributed by atoms with Crippen molar-refractivity contribution in [3.05, 3.63) is 47.3 Å². The molecule has 1 aliphatic rings. The maximum atomic E-state index is 12.7. The number of rotatable bonds is 4. The Morgan fingerprint density at radius 3 is 2.64 bits per heavy atom. The Morgan fingerprint density at radius 1 is 1.16 bits per heavy atom. The summed E-state index contributed by atoms with van der Waals surface area (Å²) in [6.45, 7) is 10.6. The Hall–Kier alpha value is -2.47. The zero-order chi connectivity index (χ0) is 17.8. The molecule has 6 heteroatoms. The summed E-state index contributed by atoms with van der Waals surface area (Å²) in [4.78, 5) is 25.6. The van der Waals surface area contributed by atoms with E-state index in [1.807, 2.05) is 17.0 Å². The Morgan fingerprint density at radius 2 is 1.92 bits per heavy atom. The summed E-state index contributed by atoms with van der Waals surface area (Å²) in [5, 5.41) is 3.23. The van der Waals surface area contributed by atoms with E-state index >= 15 is 0 Å². The van der Waals surface area contributed by atoms with Crippen LogP contribution in [0.15, 0.2) is 30.5 Å². The number of hydrogen-bond donors (Lipinski definition) is 1. The second kappa shape index (κ2) is 7.61. The molecule has 1 fully saturated rings. The van der Waals surface area contributed by atoms with Crippen LogP contribution in [-0.4, -0.2) is 58.4 Å². The third-order valence-corrected chi connectivity index (χ3v) is 4.83. The SMILES string of the molecule is CCN1CCN(C(=O)c2ccnc(Nc3cccc(C)c3C)n2)CC1. The second-order valence-electron chi connectivity index (χ2n) is 6.36. The fourth-order valence-corrected chi connectivity index (χ4v) is 2.97. The molecule has 6 nitrogen and oxygen atoms in total. The smallest absolute Gasteiger partial charge is 0.272 e. The van der Waals surface area contributed by atoms with Gasteiger partial charge in [-0.15, -0.1) is 0 Å². The first kappa shape index (κ1) is 17.4. The van der Waals surface area contributed by atoms with Gasteiger partial charge in [0.15, 0.2) is 0 Å². The zero-order valence-electron chi connectivity index (χ0n) is 15.1. The lowest BCUT2D eigenvalue weighted by atomic mass is 10.1. The van der Waals surface area contributed by atoms with Crippen LogP contribution in [-0.2, 0) is 0 Å². The van der Waals surface area contributed by atoms with Gasteiger partial charge in [0.25, 0.3) is 5.91 Å². The summed E-state index contributed by atoms with van der Waals surface area (Å²) in [7, 11) is 0. The van der Waals surface area contributed by atoms with E-state index in [4.69, 9.17) is 0 Å². The third kappa shape index (κ3) is 3.96. The molecule has 0 aliphatic carbocycles. The molecule has 0 atom stereocenters. The number of nitrogens with zero attached hydrogens (tertiary/aromatic N) is 4. The molecule has 0 spiro atoms. The molecule has 2 heterocycles. The lowest BCUT2D eigenvalue weighted by molar-refractivity contribution is 0.0637. The van der Waals surface area contributed by atoms with Crippen molar-refractivity contribution in [2.75, 3.05) is 38.0 Å². The van der Waals surface area contributed by atoms with Crippen molar-refractivity contribution in [1.82, 2.24) is 19.8 Å². The van der Waals surface area contributed by atoms with Gasteiger partial charge in [0, 0.05) is 38.1 Å². The lowest BCUT2D eigenvalue weighted by Gasteiger charge is -2.33. The Kier molecular flexibility index (Phi) is 5.28. The van der Waals surface area contributed by atoms with Crippen LogP contribution in [0.1, 0.15) is 28.5 Å². The van der Waals surface area contributed by atoms with E-state index in [-0.39, 0.29) is 5.91 Å². The fourth-order valence-electron chi connectivity index (χ4n) is 2.97. The summed E-state index contributed by atoms with van der Waals surface area (Å²) in [5.74, 6) is 0.425. The van der Waals surface area contributed by atoms with Crippen LogP contribution in [0.2, 0.25) is 0 Å². The fraction of sp³-hybridized carbons (Fsp3) is 0.421. The number of nitrogens with one attached hydrogen (secondary N) is 1. The quantitative estimate of drug-likeness (QED) is 0.928. The molecule has 0 unspecified atom stereocenters. The van der Waals surface area contributed by atoms with E-state index in [1.54, 1.807) is 12.3 Å². The predicted octanol–water partition coefficient (Wildman–Crippen LogP) is 2.61. The van der Waals surface area contributed by atoms with Gasteiger partial charge in [-0.05, 0) is 43.7 Å². The van der Waals surface area contributed by atoms with Gasteiger partial charge < -0.3 is 15.1 Å². The van der Waals surface area contributed by atoms with Crippen LogP contribution in [0, 0.1) is 13.8 Å². The molecule has 1 saturated heterocycles. The molecule has 1 N–H and O–H groups in total. The van der Waals surface area contributed by atoms with Gasteiger partial charge in [0.1, 0.15) is 5.69 Å². The monoisotopic (exact) mass is 339 g/mol. The Labute approximate surface area is 148 Å². The van der Waals surface area contributed by atoms with Gasteiger partial charge in [-0.1, -0.05) is 19.1 Å². The number of anilines is 2. The van der Waals surface area contributed by atoms with Gasteiger partial charge in [-0.3, -0.25) is 4.79 Å². The summed E-state index contributed by atoms with van der Waals surface area (Å²) in [5.41, 5.74) is 3.75. The number of carbonyl (C=O) groups excluding carboxylic acids is 1. The van der Waals surface area contributed by atoms with Gasteiger partial charge >= 0.3 is 0 Å². The van der Waals surface area contributed by atoms with E-state index in [2.05, 4.69) is 47.0 Å². The molecule has 1 aliphatic heterocycles. The molecule has 1 aromatic heterocycles. The Bertz CT molecular complexity index is 753. The van der Waals surface area contributed by atoms with Crippen LogP contribution >= 0.6 is 0 Å².